The van der Waals surface area contributed by atoms with E-state index in [4.69, 9.17) is 23.7 Å². The molecule has 4 nitrogen and oxygen atoms in total. The van der Waals surface area contributed by atoms with Crippen LogP contribution in [0, 0.1) is 42.7 Å². The molecule has 0 saturated carbocycles. The first kappa shape index (κ1) is 13.1. The van der Waals surface area contributed by atoms with Crippen LogP contribution in [0.25, 0.3) is 20.8 Å². The lowest BCUT2D eigenvalue weighted by Crippen LogP contribution is -1.85. The average molecular weight is 256 g/mol. The molecule has 0 unspecified atom stereocenters. The van der Waals surface area contributed by atoms with E-state index in [9.17, 15) is 0 Å². The Bertz CT molecular complexity index is 795. The molecule has 0 atom stereocenters. The van der Waals surface area contributed by atoms with Gasteiger partial charge in [0.15, 0.2) is 0 Å². The van der Waals surface area contributed by atoms with Crippen LogP contribution in [0.2, 0.25) is 0 Å². The van der Waals surface area contributed by atoms with Crippen molar-refractivity contribution >= 4 is 11.1 Å². The van der Waals surface area contributed by atoms with E-state index in [1.165, 1.54) is 0 Å². The van der Waals surface area contributed by atoms with Gasteiger partial charge in [-0.15, -0.1) is 0 Å². The summed E-state index contributed by atoms with van der Waals surface area (Å²) in [4.78, 5) is 6.49. The van der Waals surface area contributed by atoms with Crippen LogP contribution in [-0.2, 0) is 0 Å². The van der Waals surface area contributed by atoms with Crippen molar-refractivity contribution < 1.29 is 0 Å². The lowest BCUT2D eigenvalue weighted by molar-refractivity contribution is 1.42. The predicted octanol–water partition coefficient (Wildman–Crippen LogP) is 3.71. The van der Waals surface area contributed by atoms with Crippen LogP contribution in [0.4, 0.5) is 0 Å². The minimum Gasteiger partial charge on any atom is -0.226 e. The van der Waals surface area contributed by atoms with Crippen molar-refractivity contribution in [3.05, 3.63) is 69.1 Å². The summed E-state index contributed by atoms with van der Waals surface area (Å²) in [6, 6.07) is 9.40. The minimum absolute atomic E-state index is 0.0207. The number of rotatable bonds is 0. The van der Waals surface area contributed by atoms with E-state index in [0.717, 1.165) is 16.7 Å². The topological polar surface area (TPSA) is 56.3 Å². The summed E-state index contributed by atoms with van der Waals surface area (Å²) in [5.41, 5.74) is 3.81. The molecular weight excluding hydrogens is 248 g/mol. The molecule has 0 aliphatic heterocycles. The number of aryl methyl sites for hydroxylation is 1. The van der Waals surface area contributed by atoms with Gasteiger partial charge in [0, 0.05) is 0 Å². The molecule has 0 N–H and O–H groups in total. The van der Waals surface area contributed by atoms with Gasteiger partial charge in [0.2, 0.25) is 0 Å². The zero-order chi connectivity index (χ0) is 14.7. The zero-order valence-corrected chi connectivity index (χ0v) is 10.7. The molecule has 2 rings (SSSR count). The number of benzene rings is 1. The molecule has 1 aliphatic carbocycles. The molecule has 0 spiro atoms. The number of nitrogens with zero attached hydrogens (tertiary/aromatic N) is 4. The van der Waals surface area contributed by atoms with E-state index in [1.807, 2.05) is 37.3 Å². The van der Waals surface area contributed by atoms with Gasteiger partial charge in [-0.2, -0.15) is 0 Å². The molecule has 4 heteroatoms. The number of fused-ring (bicyclic) bond motifs is 1. The Morgan fingerprint density at radius 1 is 1.05 bits per heavy atom. The van der Waals surface area contributed by atoms with Crippen molar-refractivity contribution in [3.63, 3.8) is 0 Å². The fourth-order valence-corrected chi connectivity index (χ4v) is 2.28. The summed E-state index contributed by atoms with van der Waals surface area (Å²) in [5.74, 6) is 0. The number of hydrogen-bond donors (Lipinski definition) is 0. The Labute approximate surface area is 117 Å². The van der Waals surface area contributed by atoms with Gasteiger partial charge in [-0.3, -0.25) is 0 Å². The molecule has 1 aromatic rings. The monoisotopic (exact) mass is 256 g/mol. The Hall–Kier alpha value is -3.34. The summed E-state index contributed by atoms with van der Waals surface area (Å²) in [7, 11) is 0. The summed E-state index contributed by atoms with van der Waals surface area (Å²) in [6.07, 6.45) is 0.287. The summed E-state index contributed by atoms with van der Waals surface area (Å²) in [5, 5.41) is 18.1. The van der Waals surface area contributed by atoms with Crippen molar-refractivity contribution in [3.8, 4) is 12.1 Å². The second kappa shape index (κ2) is 5.11. The van der Waals surface area contributed by atoms with E-state index in [1.54, 1.807) is 0 Å². The smallest absolute Gasteiger partial charge is 0.226 e. The molecule has 0 bridgehead atoms. The number of nitriles is 2. The molecule has 0 saturated heterocycles. The van der Waals surface area contributed by atoms with Crippen LogP contribution in [0.5, 0.6) is 0 Å². The Morgan fingerprint density at radius 3 is 2.10 bits per heavy atom. The zero-order valence-electron chi connectivity index (χ0n) is 10.7. The van der Waals surface area contributed by atoms with E-state index in [-0.39, 0.29) is 17.8 Å². The van der Waals surface area contributed by atoms with Crippen LogP contribution in [0.3, 0.4) is 0 Å². The fourth-order valence-electron chi connectivity index (χ4n) is 2.28. The molecule has 1 aliphatic rings. The molecule has 0 fully saturated rings. The third kappa shape index (κ3) is 1.93. The first-order valence-corrected chi connectivity index (χ1v) is 5.79. The number of hydrogen-bond acceptors (Lipinski definition) is 2. The molecule has 0 radical (unpaired) electrons. The van der Waals surface area contributed by atoms with Crippen LogP contribution in [-0.4, -0.2) is 0 Å². The van der Waals surface area contributed by atoms with Crippen LogP contribution < -0.4 is 0 Å². The Kier molecular flexibility index (Phi) is 3.35. The summed E-state index contributed by atoms with van der Waals surface area (Å²) in [6.45, 7) is 16.1. The first-order chi connectivity index (χ1) is 9.65. The normalized spacial score (nSPS) is 17.1. The fraction of sp³-hybridized carbons (Fsp3) is 0.125. The first-order valence-electron chi connectivity index (χ1n) is 5.79. The van der Waals surface area contributed by atoms with Gasteiger partial charge >= 0.3 is 0 Å². The van der Waals surface area contributed by atoms with Gasteiger partial charge in [0.1, 0.15) is 0 Å². The highest BCUT2D eigenvalue weighted by Crippen LogP contribution is 2.44. The molecule has 1 aromatic carbocycles. The van der Waals surface area contributed by atoms with E-state index in [0.29, 0.717) is 11.1 Å². The Morgan fingerprint density at radius 2 is 1.60 bits per heavy atom. The largest absolute Gasteiger partial charge is 0.265 e. The summed E-state index contributed by atoms with van der Waals surface area (Å²) >= 11 is 0. The van der Waals surface area contributed by atoms with Crippen molar-refractivity contribution in [1.82, 2.24) is 0 Å². The van der Waals surface area contributed by atoms with Gasteiger partial charge in [0.25, 0.3) is 11.4 Å². The predicted molar refractivity (Wildman–Crippen MR) is 74.1 cm³/mol. The highest BCUT2D eigenvalue weighted by molar-refractivity contribution is 5.97. The van der Waals surface area contributed by atoms with Crippen LogP contribution in [0.1, 0.15) is 23.1 Å². The van der Waals surface area contributed by atoms with E-state index < -0.39 is 0 Å². The maximum atomic E-state index is 9.06. The third-order valence-corrected chi connectivity index (χ3v) is 3.19. The van der Waals surface area contributed by atoms with Crippen molar-refractivity contribution in [2.45, 2.75) is 13.3 Å². The van der Waals surface area contributed by atoms with Gasteiger partial charge in [-0.1, -0.05) is 23.8 Å². The second-order valence-electron chi connectivity index (χ2n) is 4.33. The molecule has 0 aromatic heterocycles. The molecule has 92 valence electrons. The van der Waals surface area contributed by atoms with Gasteiger partial charge in [-0.25, -0.2) is 20.2 Å². The van der Waals surface area contributed by atoms with E-state index >= 15 is 0 Å². The average Bonchev–Trinajstić information content (AvgIpc) is 2.81. The van der Waals surface area contributed by atoms with E-state index in [2.05, 4.69) is 9.69 Å². The minimum atomic E-state index is 0.0207. The quantitative estimate of drug-likeness (QED) is 0.525. The SMILES string of the molecule is [C-]#[N+]/C(C#N)=C1/C/C(=C(\C#N)[N+]#[C-])c2cc(C)ccc21. The Balaban J connectivity index is 2.86. The molecular formula is C16H8N4. The summed E-state index contributed by atoms with van der Waals surface area (Å²) < 4.78 is 0. The van der Waals surface area contributed by atoms with Crippen molar-refractivity contribution in [2.75, 3.05) is 0 Å². The third-order valence-electron chi connectivity index (χ3n) is 3.19. The van der Waals surface area contributed by atoms with Crippen LogP contribution >= 0.6 is 0 Å². The lowest BCUT2D eigenvalue weighted by Gasteiger charge is -2.03. The van der Waals surface area contributed by atoms with Gasteiger partial charge in [0.05, 0.1) is 25.3 Å². The molecule has 0 heterocycles. The second-order valence-corrected chi connectivity index (χ2v) is 4.33. The van der Waals surface area contributed by atoms with Crippen LogP contribution in [0.15, 0.2) is 29.6 Å². The maximum absolute atomic E-state index is 9.06. The van der Waals surface area contributed by atoms with Gasteiger partial charge < -0.3 is 0 Å². The molecule has 0 amide bonds. The standard InChI is InChI=1S/C16H8N4/c1-10-4-5-11-12(6-10)14(16(9-18)20-3)7-13(11)15(8-17)19-2/h4-6H,7H2,1H3/b15-13-,16-14-. The van der Waals surface area contributed by atoms with Crippen molar-refractivity contribution in [1.29, 1.82) is 10.5 Å². The molecule has 20 heavy (non-hydrogen) atoms. The highest BCUT2D eigenvalue weighted by Gasteiger charge is 2.26. The lowest BCUT2D eigenvalue weighted by atomic mass is 10.0. The maximum Gasteiger partial charge on any atom is 0.265 e. The van der Waals surface area contributed by atoms with Gasteiger partial charge in [-0.05, 0) is 35.6 Å². The number of allylic oxidation sites excluding steroid dienone is 4. The highest BCUT2D eigenvalue weighted by atomic mass is 14.7. The van der Waals surface area contributed by atoms with Crippen molar-refractivity contribution in [2.24, 2.45) is 0 Å².